The largest absolute Gasteiger partial charge is 0.493 e. The fourth-order valence-electron chi connectivity index (χ4n) is 2.61. The van der Waals surface area contributed by atoms with Crippen molar-refractivity contribution in [2.45, 2.75) is 6.92 Å². The Hall–Kier alpha value is -3.55. The molecule has 27 heavy (non-hydrogen) atoms. The highest BCUT2D eigenvalue weighted by atomic mass is 16.5. The van der Waals surface area contributed by atoms with E-state index >= 15 is 0 Å². The summed E-state index contributed by atoms with van der Waals surface area (Å²) in [5.74, 6) is 1.07. The van der Waals surface area contributed by atoms with E-state index < -0.39 is 11.6 Å². The molecule has 0 amide bonds. The molecular weight excluding hydrogens is 354 g/mol. The summed E-state index contributed by atoms with van der Waals surface area (Å²) in [5.41, 5.74) is 0.216. The molecule has 0 fully saturated rings. The van der Waals surface area contributed by atoms with Crippen LogP contribution in [0.5, 0.6) is 23.0 Å². The van der Waals surface area contributed by atoms with E-state index in [0.717, 1.165) is 0 Å². The molecule has 0 radical (unpaired) electrons. The molecule has 0 aliphatic carbocycles. The van der Waals surface area contributed by atoms with Crippen molar-refractivity contribution in [1.82, 2.24) is 4.98 Å². The van der Waals surface area contributed by atoms with Gasteiger partial charge in [0.25, 0.3) is 0 Å². The number of carbonyl (C=O) groups excluding carboxylic acids is 1. The molecule has 1 heterocycles. The van der Waals surface area contributed by atoms with E-state index in [1.807, 2.05) is 0 Å². The van der Waals surface area contributed by atoms with Gasteiger partial charge < -0.3 is 23.4 Å². The molecule has 0 aliphatic rings. The number of ether oxygens (including phenoxy) is 4. The van der Waals surface area contributed by atoms with Crippen LogP contribution in [0.15, 0.2) is 39.5 Å². The number of hydrogen-bond acceptors (Lipinski definition) is 8. The molecule has 1 aromatic heterocycles. The highest BCUT2D eigenvalue weighted by molar-refractivity contribution is 5.81. The molecule has 8 heteroatoms. The van der Waals surface area contributed by atoms with Crippen molar-refractivity contribution in [2.24, 2.45) is 0 Å². The average Bonchev–Trinajstić information content (AvgIpc) is 2.65. The van der Waals surface area contributed by atoms with Gasteiger partial charge in [-0.1, -0.05) is 0 Å². The van der Waals surface area contributed by atoms with Crippen molar-refractivity contribution in [3.63, 3.8) is 0 Å². The summed E-state index contributed by atoms with van der Waals surface area (Å²) in [6, 6.07) is 7.73. The van der Waals surface area contributed by atoms with Gasteiger partial charge in [-0.15, -0.1) is 0 Å². The van der Waals surface area contributed by atoms with Gasteiger partial charge in [0.2, 0.25) is 11.6 Å². The van der Waals surface area contributed by atoms with Crippen molar-refractivity contribution in [2.75, 3.05) is 21.3 Å². The second-order valence-corrected chi connectivity index (χ2v) is 5.49. The Morgan fingerprint density at radius 2 is 1.67 bits per heavy atom. The number of nitrogens with zero attached hydrogens (tertiary/aromatic N) is 1. The lowest BCUT2D eigenvalue weighted by Crippen LogP contribution is -2.05. The third-order valence-corrected chi connectivity index (χ3v) is 3.77. The summed E-state index contributed by atoms with van der Waals surface area (Å²) in [6.45, 7) is 1.29. The van der Waals surface area contributed by atoms with Gasteiger partial charge in [-0.3, -0.25) is 4.79 Å². The number of esters is 1. The van der Waals surface area contributed by atoms with Gasteiger partial charge in [-0.25, -0.2) is 9.78 Å². The molecule has 0 atom stereocenters. The fraction of sp³-hybridized carbons (Fsp3) is 0.211. The maximum atomic E-state index is 12.3. The van der Waals surface area contributed by atoms with E-state index in [1.54, 1.807) is 12.1 Å². The summed E-state index contributed by atoms with van der Waals surface area (Å²) in [6.07, 6.45) is 0. The van der Waals surface area contributed by atoms with Crippen LogP contribution in [0.25, 0.3) is 22.4 Å². The van der Waals surface area contributed by atoms with Crippen LogP contribution in [0.1, 0.15) is 6.92 Å². The predicted molar refractivity (Wildman–Crippen MR) is 96.7 cm³/mol. The Labute approximate surface area is 154 Å². The van der Waals surface area contributed by atoms with Crippen LogP contribution in [-0.2, 0) is 4.79 Å². The first kappa shape index (κ1) is 18.2. The number of benzene rings is 2. The molecule has 0 saturated heterocycles. The summed E-state index contributed by atoms with van der Waals surface area (Å²) in [7, 11) is 4.46. The van der Waals surface area contributed by atoms with E-state index in [1.165, 1.54) is 46.5 Å². The maximum Gasteiger partial charge on any atom is 0.347 e. The van der Waals surface area contributed by atoms with Gasteiger partial charge in [0.15, 0.2) is 11.5 Å². The molecule has 0 saturated carbocycles. The lowest BCUT2D eigenvalue weighted by atomic mass is 10.1. The van der Waals surface area contributed by atoms with Crippen LogP contribution in [0.4, 0.5) is 0 Å². The third-order valence-electron chi connectivity index (χ3n) is 3.77. The highest BCUT2D eigenvalue weighted by Gasteiger charge is 2.17. The number of hydrogen-bond donors (Lipinski definition) is 0. The molecule has 0 unspecified atom stereocenters. The van der Waals surface area contributed by atoms with Crippen molar-refractivity contribution in [1.29, 1.82) is 0 Å². The maximum absolute atomic E-state index is 12.3. The number of fused-ring (bicyclic) bond motifs is 1. The zero-order valence-corrected chi connectivity index (χ0v) is 15.2. The predicted octanol–water partition coefficient (Wildman–Crippen LogP) is 2.81. The topological polar surface area (TPSA) is 97.1 Å². The van der Waals surface area contributed by atoms with E-state index in [4.69, 9.17) is 23.4 Å². The molecule has 0 bridgehead atoms. The van der Waals surface area contributed by atoms with Crippen LogP contribution in [0, 0.1) is 0 Å². The van der Waals surface area contributed by atoms with Gasteiger partial charge >= 0.3 is 11.6 Å². The van der Waals surface area contributed by atoms with Crippen LogP contribution in [-0.4, -0.2) is 32.3 Å². The van der Waals surface area contributed by atoms with E-state index in [0.29, 0.717) is 28.3 Å². The van der Waals surface area contributed by atoms with E-state index in [9.17, 15) is 9.59 Å². The molecule has 0 spiro atoms. The van der Waals surface area contributed by atoms with Gasteiger partial charge in [-0.2, -0.15) is 0 Å². The van der Waals surface area contributed by atoms with Crippen molar-refractivity contribution in [3.8, 4) is 34.5 Å². The summed E-state index contributed by atoms with van der Waals surface area (Å²) < 4.78 is 26.3. The van der Waals surface area contributed by atoms with Crippen LogP contribution in [0.2, 0.25) is 0 Å². The minimum absolute atomic E-state index is 0.0618. The Balaban J connectivity index is 2.19. The van der Waals surface area contributed by atoms with Gasteiger partial charge in [0, 0.05) is 18.6 Å². The number of rotatable bonds is 5. The first-order chi connectivity index (χ1) is 13.0. The zero-order chi connectivity index (χ0) is 19.6. The van der Waals surface area contributed by atoms with Crippen LogP contribution < -0.4 is 24.6 Å². The molecule has 8 nitrogen and oxygen atoms in total. The zero-order valence-electron chi connectivity index (χ0n) is 15.2. The Bertz CT molecular complexity index is 1050. The fourth-order valence-corrected chi connectivity index (χ4v) is 2.61. The molecule has 2 aromatic carbocycles. The normalized spacial score (nSPS) is 10.5. The van der Waals surface area contributed by atoms with Gasteiger partial charge in [0.05, 0.1) is 32.2 Å². The minimum atomic E-state index is -0.571. The standard InChI is InChI=1S/C19H17NO7/c1-10(21)26-12-5-6-13-14(9-12)20-18(27-19(13)22)11-7-15(23-2)17(25-4)16(8-11)24-3/h5-9H,1-4H3. The van der Waals surface area contributed by atoms with Gasteiger partial charge in [0.1, 0.15) is 5.75 Å². The monoisotopic (exact) mass is 371 g/mol. The lowest BCUT2D eigenvalue weighted by Gasteiger charge is -2.13. The quantitative estimate of drug-likeness (QED) is 0.499. The third kappa shape index (κ3) is 3.55. The van der Waals surface area contributed by atoms with Crippen LogP contribution in [0.3, 0.4) is 0 Å². The van der Waals surface area contributed by atoms with Gasteiger partial charge in [-0.05, 0) is 24.3 Å². The second kappa shape index (κ2) is 7.36. The van der Waals surface area contributed by atoms with Crippen molar-refractivity contribution < 1.29 is 28.2 Å². The highest BCUT2D eigenvalue weighted by Crippen LogP contribution is 2.40. The summed E-state index contributed by atoms with van der Waals surface area (Å²) in [4.78, 5) is 27.9. The molecule has 3 rings (SSSR count). The van der Waals surface area contributed by atoms with Crippen molar-refractivity contribution >= 4 is 16.9 Å². The molecule has 3 aromatic rings. The Morgan fingerprint density at radius 3 is 2.22 bits per heavy atom. The number of methoxy groups -OCH3 is 3. The summed E-state index contributed by atoms with van der Waals surface area (Å²) in [5, 5.41) is 0.266. The van der Waals surface area contributed by atoms with Crippen LogP contribution >= 0.6 is 0 Å². The average molecular weight is 371 g/mol. The van der Waals surface area contributed by atoms with E-state index in [2.05, 4.69) is 4.98 Å². The first-order valence-corrected chi connectivity index (χ1v) is 7.90. The number of aromatic nitrogens is 1. The first-order valence-electron chi connectivity index (χ1n) is 7.90. The van der Waals surface area contributed by atoms with Crippen molar-refractivity contribution in [3.05, 3.63) is 40.8 Å². The molecule has 140 valence electrons. The Morgan fingerprint density at radius 1 is 1.00 bits per heavy atom. The minimum Gasteiger partial charge on any atom is -0.493 e. The summed E-state index contributed by atoms with van der Waals surface area (Å²) >= 11 is 0. The smallest absolute Gasteiger partial charge is 0.347 e. The molecule has 0 N–H and O–H groups in total. The lowest BCUT2D eigenvalue weighted by molar-refractivity contribution is -0.131. The van der Waals surface area contributed by atoms with E-state index in [-0.39, 0.29) is 17.0 Å². The SMILES string of the molecule is COc1cc(-c2nc3cc(OC(C)=O)ccc3c(=O)o2)cc(OC)c1OC. The second-order valence-electron chi connectivity index (χ2n) is 5.49. The Kier molecular flexibility index (Phi) is 4.98. The molecular formula is C19H17NO7. The number of carbonyl (C=O) groups is 1. The molecule has 0 aliphatic heterocycles.